The van der Waals surface area contributed by atoms with E-state index in [0.717, 1.165) is 10.9 Å². The van der Waals surface area contributed by atoms with Crippen molar-refractivity contribution in [1.29, 1.82) is 0 Å². The number of aliphatic hydroxyl groups excluding tert-OH is 4. The molecule has 0 aromatic carbocycles. The maximum atomic E-state index is 10.9. The molecular weight excluding hydrogens is 296 g/mol. The number of nitrogens with zero attached hydrogens (tertiary/aromatic N) is 4. The van der Waals surface area contributed by atoms with Crippen molar-refractivity contribution < 1.29 is 30.3 Å². The zero-order chi connectivity index (χ0) is 16.1. The molecule has 120 valence electrons. The van der Waals surface area contributed by atoms with Gasteiger partial charge in [0.15, 0.2) is 5.65 Å². The zero-order valence-corrected chi connectivity index (χ0v) is 11.6. The van der Waals surface area contributed by atoms with Crippen molar-refractivity contribution in [2.75, 3.05) is 7.11 Å². The highest BCUT2D eigenvalue weighted by atomic mass is 16.5. The molecular formula is C12H16N4O6. The van der Waals surface area contributed by atoms with E-state index >= 15 is 0 Å². The summed E-state index contributed by atoms with van der Waals surface area (Å²) >= 11 is 0. The molecule has 0 radical (unpaired) electrons. The van der Waals surface area contributed by atoms with Crippen LogP contribution >= 0.6 is 0 Å². The average Bonchev–Trinajstić information content (AvgIpc) is 2.96. The first-order chi connectivity index (χ1) is 10.4. The Morgan fingerprint density at radius 1 is 1.14 bits per heavy atom. The lowest BCUT2D eigenvalue weighted by Crippen LogP contribution is -2.71. The largest absolute Gasteiger partial charge is 0.387 e. The van der Waals surface area contributed by atoms with Gasteiger partial charge in [0, 0.05) is 7.11 Å². The molecule has 1 saturated carbocycles. The van der Waals surface area contributed by atoms with Gasteiger partial charge in [-0.3, -0.25) is 4.57 Å². The van der Waals surface area contributed by atoms with Gasteiger partial charge in [-0.05, 0) is 0 Å². The molecule has 0 saturated heterocycles. The van der Waals surface area contributed by atoms with Crippen LogP contribution in [0.15, 0.2) is 18.9 Å². The summed E-state index contributed by atoms with van der Waals surface area (Å²) in [5.74, 6) is 0. The van der Waals surface area contributed by atoms with Crippen molar-refractivity contribution in [2.45, 2.75) is 36.2 Å². The number of aliphatic hydroxyl groups is 5. The molecule has 10 nitrogen and oxygen atoms in total. The molecule has 2 aromatic rings. The summed E-state index contributed by atoms with van der Waals surface area (Å²) in [6.07, 6.45) is -4.49. The summed E-state index contributed by atoms with van der Waals surface area (Å²) in [5, 5.41) is 51.3. The van der Waals surface area contributed by atoms with Crippen molar-refractivity contribution in [3.8, 4) is 0 Å². The van der Waals surface area contributed by atoms with Crippen LogP contribution in [0.3, 0.4) is 0 Å². The van der Waals surface area contributed by atoms with E-state index in [-0.39, 0.29) is 5.65 Å². The van der Waals surface area contributed by atoms with Crippen LogP contribution in [0.4, 0.5) is 0 Å². The van der Waals surface area contributed by atoms with Crippen molar-refractivity contribution in [2.24, 2.45) is 0 Å². The van der Waals surface area contributed by atoms with Gasteiger partial charge in [0.2, 0.25) is 5.72 Å². The topological polar surface area (TPSA) is 154 Å². The molecule has 1 fully saturated rings. The second kappa shape index (κ2) is 5.19. The number of methoxy groups -OCH3 is 1. The van der Waals surface area contributed by atoms with E-state index in [4.69, 9.17) is 4.74 Å². The smallest absolute Gasteiger partial charge is 0.202 e. The summed E-state index contributed by atoms with van der Waals surface area (Å²) in [4.78, 5) is 11.7. The minimum absolute atomic E-state index is 0.147. The van der Waals surface area contributed by atoms with Gasteiger partial charge < -0.3 is 30.3 Å². The fraction of sp³-hybridized carbons (Fsp3) is 0.583. The average molecular weight is 312 g/mol. The lowest BCUT2D eigenvalue weighted by molar-refractivity contribution is -0.303. The monoisotopic (exact) mass is 312 g/mol. The molecule has 22 heavy (non-hydrogen) atoms. The third-order valence-corrected chi connectivity index (χ3v) is 4.06. The Labute approximate surface area is 124 Å². The Morgan fingerprint density at radius 3 is 2.55 bits per heavy atom. The molecule has 0 spiro atoms. The van der Waals surface area contributed by atoms with Gasteiger partial charge in [-0.15, -0.1) is 0 Å². The third-order valence-electron chi connectivity index (χ3n) is 4.06. The van der Waals surface area contributed by atoms with E-state index in [1.807, 2.05) is 0 Å². The number of aromatic nitrogens is 4. The second-order valence-electron chi connectivity index (χ2n) is 5.20. The number of hydrogen-bond acceptors (Lipinski definition) is 9. The van der Waals surface area contributed by atoms with Gasteiger partial charge in [-0.1, -0.05) is 0 Å². The number of imidazole rings is 1. The Kier molecular flexibility index (Phi) is 3.59. The summed E-state index contributed by atoms with van der Waals surface area (Å²) in [5.41, 5.74) is -1.92. The van der Waals surface area contributed by atoms with Crippen molar-refractivity contribution in [3.63, 3.8) is 0 Å². The number of fused-ring (bicyclic) bond motifs is 1. The van der Waals surface area contributed by atoms with Gasteiger partial charge in [0.25, 0.3) is 0 Å². The number of ether oxygens (including phenoxy) is 1. The van der Waals surface area contributed by atoms with Gasteiger partial charge in [0.05, 0.1) is 12.5 Å². The highest BCUT2D eigenvalue weighted by molar-refractivity contribution is 5.69. The van der Waals surface area contributed by atoms with Gasteiger partial charge in [0.1, 0.15) is 42.4 Å². The molecule has 1 aliphatic rings. The van der Waals surface area contributed by atoms with E-state index in [1.165, 1.54) is 19.6 Å². The summed E-state index contributed by atoms with van der Waals surface area (Å²) in [6.45, 7) is 0. The lowest BCUT2D eigenvalue weighted by Gasteiger charge is -2.48. The maximum absolute atomic E-state index is 10.9. The van der Waals surface area contributed by atoms with E-state index in [2.05, 4.69) is 15.0 Å². The van der Waals surface area contributed by atoms with Crippen LogP contribution in [0.2, 0.25) is 0 Å². The number of hydrogen-bond donors (Lipinski definition) is 5. The molecule has 10 heteroatoms. The summed E-state index contributed by atoms with van der Waals surface area (Å²) in [6, 6.07) is 0. The summed E-state index contributed by atoms with van der Waals surface area (Å²) in [7, 11) is 1.20. The van der Waals surface area contributed by atoms with E-state index in [0.29, 0.717) is 5.52 Å². The Balaban J connectivity index is 2.17. The van der Waals surface area contributed by atoms with Crippen LogP contribution < -0.4 is 0 Å². The van der Waals surface area contributed by atoms with Crippen LogP contribution in [-0.4, -0.2) is 82.7 Å². The van der Waals surface area contributed by atoms with Crippen LogP contribution in [0.25, 0.3) is 11.2 Å². The molecule has 0 unspecified atom stereocenters. The zero-order valence-electron chi connectivity index (χ0n) is 11.6. The van der Waals surface area contributed by atoms with Gasteiger partial charge in [-0.2, -0.15) is 0 Å². The van der Waals surface area contributed by atoms with Crippen molar-refractivity contribution in [1.82, 2.24) is 19.5 Å². The van der Waals surface area contributed by atoms with E-state index < -0.39 is 36.2 Å². The molecule has 0 bridgehead atoms. The fourth-order valence-electron chi connectivity index (χ4n) is 2.82. The molecule has 2 heterocycles. The first kappa shape index (κ1) is 15.2. The molecule has 0 aliphatic heterocycles. The van der Waals surface area contributed by atoms with Gasteiger partial charge in [-0.25, -0.2) is 15.0 Å². The molecule has 0 amide bonds. The highest BCUT2D eigenvalue weighted by Gasteiger charge is 2.60. The molecule has 5 N–H and O–H groups in total. The first-order valence-electron chi connectivity index (χ1n) is 6.54. The predicted octanol–water partition coefficient (Wildman–Crippen LogP) is -3.06. The van der Waals surface area contributed by atoms with E-state index in [1.54, 1.807) is 0 Å². The highest BCUT2D eigenvalue weighted by Crippen LogP contribution is 2.36. The lowest BCUT2D eigenvalue weighted by atomic mass is 9.79. The molecule has 2 aromatic heterocycles. The maximum Gasteiger partial charge on any atom is 0.202 e. The van der Waals surface area contributed by atoms with Crippen LogP contribution in [0.1, 0.15) is 0 Å². The minimum Gasteiger partial charge on any atom is -0.387 e. The van der Waals surface area contributed by atoms with Crippen LogP contribution in [0.5, 0.6) is 0 Å². The first-order valence-corrected chi connectivity index (χ1v) is 6.54. The fourth-order valence-corrected chi connectivity index (χ4v) is 2.82. The van der Waals surface area contributed by atoms with Crippen LogP contribution in [0, 0.1) is 0 Å². The van der Waals surface area contributed by atoms with Crippen LogP contribution in [-0.2, 0) is 10.5 Å². The van der Waals surface area contributed by atoms with Crippen molar-refractivity contribution >= 4 is 11.2 Å². The van der Waals surface area contributed by atoms with E-state index in [9.17, 15) is 25.5 Å². The Hall–Kier alpha value is -1.69. The number of rotatable bonds is 2. The quantitative estimate of drug-likeness (QED) is 0.389. The Morgan fingerprint density at radius 2 is 1.86 bits per heavy atom. The Bertz CT molecular complexity index is 680. The standard InChI is InChI=1S/C12H16N4O6/c1-22-8-6(17)7(18)9(19)12(21,10(8)20)16-4-15-5-2-13-3-14-11(5)16/h2-4,6-10,17-21H,1H3/t6-,7+,8-,9-,10+,12+/m1/s1. The molecule has 3 rings (SSSR count). The molecule has 1 aliphatic carbocycles. The van der Waals surface area contributed by atoms with Crippen molar-refractivity contribution in [3.05, 3.63) is 18.9 Å². The van der Waals surface area contributed by atoms with Gasteiger partial charge >= 0.3 is 0 Å². The normalized spacial score (nSPS) is 39.3. The minimum atomic E-state index is -2.39. The second-order valence-corrected chi connectivity index (χ2v) is 5.20. The third kappa shape index (κ3) is 1.86. The molecule has 6 atom stereocenters. The predicted molar refractivity (Wildman–Crippen MR) is 70.3 cm³/mol. The summed E-state index contributed by atoms with van der Waals surface area (Å²) < 4.78 is 5.97. The SMILES string of the molecule is CO[C@@H]1[C@H](O)[C@H](O)[C@@H](O)[C@@](O)(n2cnc3cncnc32)[C@H]1O.